The lowest BCUT2D eigenvalue weighted by molar-refractivity contribution is -0.159. The van der Waals surface area contributed by atoms with E-state index in [1.165, 1.54) is 4.90 Å². The van der Waals surface area contributed by atoms with Crippen LogP contribution in [0.2, 0.25) is 0 Å². The molecular weight excluding hydrogens is 278 g/mol. The summed E-state index contributed by atoms with van der Waals surface area (Å²) in [6, 6.07) is 5.35. The molecule has 3 rings (SSSR count). The van der Waals surface area contributed by atoms with Crippen molar-refractivity contribution >= 4 is 11.9 Å². The Labute approximate surface area is 121 Å². The Kier molecular flexibility index (Phi) is 3.66. The third-order valence-corrected chi connectivity index (χ3v) is 3.49. The van der Waals surface area contributed by atoms with Gasteiger partial charge < -0.3 is 24.2 Å². The molecule has 0 aliphatic carbocycles. The van der Waals surface area contributed by atoms with E-state index in [0.29, 0.717) is 18.0 Å². The minimum absolute atomic E-state index is 0.0821. The van der Waals surface area contributed by atoms with Gasteiger partial charge in [0.2, 0.25) is 12.7 Å². The largest absolute Gasteiger partial charge is 0.479 e. The van der Waals surface area contributed by atoms with Crippen LogP contribution in [0.4, 0.5) is 0 Å². The van der Waals surface area contributed by atoms with E-state index in [2.05, 4.69) is 0 Å². The van der Waals surface area contributed by atoms with Crippen molar-refractivity contribution in [3.8, 4) is 11.5 Å². The maximum absolute atomic E-state index is 12.2. The quantitative estimate of drug-likeness (QED) is 0.861. The van der Waals surface area contributed by atoms with Crippen molar-refractivity contribution in [1.29, 1.82) is 0 Å². The van der Waals surface area contributed by atoms with Crippen molar-refractivity contribution in [2.45, 2.75) is 12.5 Å². The summed E-state index contributed by atoms with van der Waals surface area (Å²) in [7, 11) is 0. The topological polar surface area (TPSA) is 85.3 Å². The maximum Gasteiger partial charge on any atom is 0.334 e. The van der Waals surface area contributed by atoms with E-state index in [4.69, 9.17) is 19.3 Å². The predicted molar refractivity (Wildman–Crippen MR) is 70.2 cm³/mol. The van der Waals surface area contributed by atoms with Crippen LogP contribution in [0.15, 0.2) is 18.2 Å². The van der Waals surface area contributed by atoms with Gasteiger partial charge in [-0.3, -0.25) is 4.79 Å². The standard InChI is InChI=1S/C14H15NO6/c16-13(15-3-4-19-12(7-15)14(17)18)6-9-1-2-10-11(5-9)21-8-20-10/h1-2,5,12H,3-4,6-8H2,(H,17,18)/t12-/m0/s1. The predicted octanol–water partition coefficient (Wildman–Crippen LogP) is 0.270. The Hall–Kier alpha value is -2.28. The molecule has 2 heterocycles. The van der Waals surface area contributed by atoms with E-state index in [9.17, 15) is 9.59 Å². The third-order valence-electron chi connectivity index (χ3n) is 3.49. The smallest absolute Gasteiger partial charge is 0.334 e. The number of amides is 1. The Morgan fingerprint density at radius 1 is 1.29 bits per heavy atom. The highest BCUT2D eigenvalue weighted by Gasteiger charge is 2.29. The number of ether oxygens (including phenoxy) is 3. The third kappa shape index (κ3) is 2.92. The molecule has 1 amide bonds. The SMILES string of the molecule is O=C(O)[C@@H]1CN(C(=O)Cc2ccc3c(c2)OCO3)CCO1. The molecule has 0 spiro atoms. The van der Waals surface area contributed by atoms with E-state index in [1.807, 2.05) is 0 Å². The summed E-state index contributed by atoms with van der Waals surface area (Å²) in [5, 5.41) is 8.94. The highest BCUT2D eigenvalue weighted by molar-refractivity contribution is 5.80. The van der Waals surface area contributed by atoms with Gasteiger partial charge in [-0.05, 0) is 17.7 Å². The number of benzene rings is 1. The molecule has 1 saturated heterocycles. The molecular formula is C14H15NO6. The van der Waals surface area contributed by atoms with Gasteiger partial charge in [-0.1, -0.05) is 6.07 Å². The number of aliphatic carboxylic acids is 1. The monoisotopic (exact) mass is 293 g/mol. The summed E-state index contributed by atoms with van der Waals surface area (Å²) in [6.07, 6.45) is -0.748. The van der Waals surface area contributed by atoms with Crippen molar-refractivity contribution in [1.82, 2.24) is 4.90 Å². The Morgan fingerprint density at radius 2 is 2.10 bits per heavy atom. The fourth-order valence-corrected chi connectivity index (χ4v) is 2.36. The van der Waals surface area contributed by atoms with Crippen LogP contribution in [0.3, 0.4) is 0 Å². The number of carbonyl (C=O) groups is 2. The van der Waals surface area contributed by atoms with E-state index < -0.39 is 12.1 Å². The first-order valence-electron chi connectivity index (χ1n) is 6.64. The summed E-state index contributed by atoms with van der Waals surface area (Å²) < 4.78 is 15.6. The van der Waals surface area contributed by atoms with Crippen LogP contribution < -0.4 is 9.47 Å². The number of carboxylic acid groups (broad SMARTS) is 1. The zero-order chi connectivity index (χ0) is 14.8. The van der Waals surface area contributed by atoms with Gasteiger partial charge in [0.1, 0.15) is 0 Å². The Bertz CT molecular complexity index is 573. The molecule has 7 nitrogen and oxygen atoms in total. The molecule has 2 aliphatic heterocycles. The second kappa shape index (κ2) is 5.61. The normalized spacial score (nSPS) is 20.4. The van der Waals surface area contributed by atoms with Crippen LogP contribution in [0.1, 0.15) is 5.56 Å². The number of carbonyl (C=O) groups excluding carboxylic acids is 1. The van der Waals surface area contributed by atoms with Crippen molar-refractivity contribution in [2.24, 2.45) is 0 Å². The molecule has 1 aromatic rings. The lowest BCUT2D eigenvalue weighted by Gasteiger charge is -2.31. The summed E-state index contributed by atoms with van der Waals surface area (Å²) in [6.45, 7) is 0.923. The summed E-state index contributed by atoms with van der Waals surface area (Å²) in [5.41, 5.74) is 0.808. The number of hydrogen-bond acceptors (Lipinski definition) is 5. The number of nitrogens with zero attached hydrogens (tertiary/aromatic N) is 1. The summed E-state index contributed by atoms with van der Waals surface area (Å²) in [5.74, 6) is 0.133. The minimum atomic E-state index is -1.05. The number of carboxylic acids is 1. The summed E-state index contributed by atoms with van der Waals surface area (Å²) >= 11 is 0. The Morgan fingerprint density at radius 3 is 2.90 bits per heavy atom. The number of hydrogen-bond donors (Lipinski definition) is 1. The molecule has 1 N–H and O–H groups in total. The van der Waals surface area contributed by atoms with Crippen LogP contribution in [-0.4, -0.2) is 54.5 Å². The number of rotatable bonds is 3. The zero-order valence-corrected chi connectivity index (χ0v) is 11.3. The van der Waals surface area contributed by atoms with Gasteiger partial charge in [-0.2, -0.15) is 0 Å². The van der Waals surface area contributed by atoms with Gasteiger partial charge in [-0.15, -0.1) is 0 Å². The molecule has 2 aliphatic rings. The fraction of sp³-hybridized carbons (Fsp3) is 0.429. The average Bonchev–Trinajstić information content (AvgIpc) is 2.95. The van der Waals surface area contributed by atoms with Gasteiger partial charge in [0, 0.05) is 6.54 Å². The molecule has 21 heavy (non-hydrogen) atoms. The molecule has 112 valence electrons. The second-order valence-electron chi connectivity index (χ2n) is 4.90. The maximum atomic E-state index is 12.2. The van der Waals surface area contributed by atoms with Gasteiger partial charge in [0.15, 0.2) is 17.6 Å². The number of morpholine rings is 1. The molecule has 0 aromatic heterocycles. The summed E-state index contributed by atoms with van der Waals surface area (Å²) in [4.78, 5) is 24.7. The molecule has 0 unspecified atom stereocenters. The van der Waals surface area contributed by atoms with Crippen LogP contribution in [0.5, 0.6) is 11.5 Å². The zero-order valence-electron chi connectivity index (χ0n) is 11.3. The van der Waals surface area contributed by atoms with Gasteiger partial charge in [0.05, 0.1) is 19.6 Å². The van der Waals surface area contributed by atoms with Crippen molar-refractivity contribution in [3.05, 3.63) is 23.8 Å². The first kappa shape index (κ1) is 13.7. The minimum Gasteiger partial charge on any atom is -0.479 e. The van der Waals surface area contributed by atoms with Crippen LogP contribution >= 0.6 is 0 Å². The Balaban J connectivity index is 1.64. The highest BCUT2D eigenvalue weighted by Crippen LogP contribution is 2.32. The highest BCUT2D eigenvalue weighted by atomic mass is 16.7. The van der Waals surface area contributed by atoms with Gasteiger partial charge in [-0.25, -0.2) is 4.79 Å². The average molecular weight is 293 g/mol. The number of fused-ring (bicyclic) bond motifs is 1. The molecule has 0 bridgehead atoms. The van der Waals surface area contributed by atoms with E-state index in [1.54, 1.807) is 18.2 Å². The van der Waals surface area contributed by atoms with Crippen LogP contribution in [-0.2, 0) is 20.7 Å². The van der Waals surface area contributed by atoms with Crippen molar-refractivity contribution < 1.29 is 28.9 Å². The van der Waals surface area contributed by atoms with Crippen molar-refractivity contribution in [2.75, 3.05) is 26.5 Å². The van der Waals surface area contributed by atoms with Crippen LogP contribution in [0.25, 0.3) is 0 Å². The van der Waals surface area contributed by atoms with E-state index >= 15 is 0 Å². The second-order valence-corrected chi connectivity index (χ2v) is 4.90. The first-order chi connectivity index (χ1) is 10.1. The molecule has 1 fully saturated rings. The van der Waals surface area contributed by atoms with Crippen molar-refractivity contribution in [3.63, 3.8) is 0 Å². The van der Waals surface area contributed by atoms with E-state index in [-0.39, 0.29) is 32.3 Å². The van der Waals surface area contributed by atoms with E-state index in [0.717, 1.165) is 5.56 Å². The van der Waals surface area contributed by atoms with Gasteiger partial charge >= 0.3 is 5.97 Å². The molecule has 7 heteroatoms. The molecule has 0 saturated carbocycles. The lowest BCUT2D eigenvalue weighted by Crippen LogP contribution is -2.49. The lowest BCUT2D eigenvalue weighted by atomic mass is 10.1. The molecule has 0 radical (unpaired) electrons. The fourth-order valence-electron chi connectivity index (χ4n) is 2.36. The first-order valence-corrected chi connectivity index (χ1v) is 6.64. The molecule has 1 atom stereocenters. The van der Waals surface area contributed by atoms with Gasteiger partial charge in [0.25, 0.3) is 0 Å². The molecule has 1 aromatic carbocycles. The van der Waals surface area contributed by atoms with Crippen LogP contribution in [0, 0.1) is 0 Å².